The van der Waals surface area contributed by atoms with Crippen molar-refractivity contribution in [2.45, 2.75) is 25.9 Å². The van der Waals surface area contributed by atoms with E-state index in [1.54, 1.807) is 7.11 Å². The average Bonchev–Trinajstić information content (AvgIpc) is 2.38. The Balaban J connectivity index is 2.35. The third-order valence-electron chi connectivity index (χ3n) is 3.23. The molecule has 18 heavy (non-hydrogen) atoms. The standard InChI is InChI=1S/C14H21NO3/c1-10(3-4-15)12-8-14-13(17-5-6-18-14)7-11(12)9-16-2/h7-8,10H,3-6,9,15H2,1-2H3. The summed E-state index contributed by atoms with van der Waals surface area (Å²) in [5, 5.41) is 0. The quantitative estimate of drug-likeness (QED) is 0.870. The Morgan fingerprint density at radius 3 is 2.56 bits per heavy atom. The zero-order chi connectivity index (χ0) is 13.0. The van der Waals surface area contributed by atoms with Crippen LogP contribution >= 0.6 is 0 Å². The van der Waals surface area contributed by atoms with E-state index in [4.69, 9.17) is 19.9 Å². The van der Waals surface area contributed by atoms with Crippen molar-refractivity contribution in [3.8, 4) is 11.5 Å². The van der Waals surface area contributed by atoms with Crippen molar-refractivity contribution >= 4 is 0 Å². The van der Waals surface area contributed by atoms with Crippen molar-refractivity contribution in [1.29, 1.82) is 0 Å². The first-order chi connectivity index (χ1) is 8.76. The molecule has 0 radical (unpaired) electrons. The normalized spacial score (nSPS) is 15.5. The molecule has 2 rings (SSSR count). The minimum absolute atomic E-state index is 0.399. The van der Waals surface area contributed by atoms with Crippen LogP contribution in [0.4, 0.5) is 0 Å². The molecule has 0 bridgehead atoms. The fourth-order valence-corrected chi connectivity index (χ4v) is 2.29. The van der Waals surface area contributed by atoms with Crippen molar-refractivity contribution in [2.75, 3.05) is 26.9 Å². The predicted octanol–water partition coefficient (Wildman–Crippen LogP) is 2.06. The predicted molar refractivity (Wildman–Crippen MR) is 70.2 cm³/mol. The highest BCUT2D eigenvalue weighted by molar-refractivity contribution is 5.49. The lowest BCUT2D eigenvalue weighted by Crippen LogP contribution is -2.17. The monoisotopic (exact) mass is 251 g/mol. The van der Waals surface area contributed by atoms with E-state index in [-0.39, 0.29) is 0 Å². The van der Waals surface area contributed by atoms with Gasteiger partial charge in [0.05, 0.1) is 6.61 Å². The van der Waals surface area contributed by atoms with Crippen LogP contribution in [0.5, 0.6) is 11.5 Å². The molecule has 1 aliphatic rings. The highest BCUT2D eigenvalue weighted by Crippen LogP contribution is 2.36. The van der Waals surface area contributed by atoms with Crippen LogP contribution in [0.25, 0.3) is 0 Å². The van der Waals surface area contributed by atoms with Gasteiger partial charge in [-0.05, 0) is 42.1 Å². The Labute approximate surface area is 108 Å². The lowest BCUT2D eigenvalue weighted by Gasteiger charge is -2.23. The van der Waals surface area contributed by atoms with Crippen molar-refractivity contribution < 1.29 is 14.2 Å². The molecule has 1 atom stereocenters. The molecule has 4 nitrogen and oxygen atoms in total. The molecule has 0 spiro atoms. The highest BCUT2D eigenvalue weighted by atomic mass is 16.6. The molecule has 2 N–H and O–H groups in total. The number of rotatable bonds is 5. The number of hydrogen-bond acceptors (Lipinski definition) is 4. The van der Waals surface area contributed by atoms with E-state index in [1.807, 2.05) is 6.07 Å². The van der Waals surface area contributed by atoms with Gasteiger partial charge < -0.3 is 19.9 Å². The SMILES string of the molecule is COCc1cc2c(cc1C(C)CCN)OCCO2. The number of hydrogen-bond donors (Lipinski definition) is 1. The minimum Gasteiger partial charge on any atom is -0.486 e. The molecule has 0 amide bonds. The molecule has 1 aromatic rings. The second kappa shape index (κ2) is 6.07. The van der Waals surface area contributed by atoms with Crippen molar-refractivity contribution in [1.82, 2.24) is 0 Å². The Hall–Kier alpha value is -1.26. The maximum absolute atomic E-state index is 5.64. The first kappa shape index (κ1) is 13.2. The molecule has 1 unspecified atom stereocenters. The van der Waals surface area contributed by atoms with Crippen LogP contribution in [0.2, 0.25) is 0 Å². The molecule has 0 saturated carbocycles. The van der Waals surface area contributed by atoms with Crippen LogP contribution in [0.1, 0.15) is 30.4 Å². The Morgan fingerprint density at radius 2 is 1.94 bits per heavy atom. The van der Waals surface area contributed by atoms with E-state index in [0.29, 0.717) is 32.3 Å². The summed E-state index contributed by atoms with van der Waals surface area (Å²) in [4.78, 5) is 0. The second-order valence-corrected chi connectivity index (χ2v) is 4.61. The molecule has 0 saturated heterocycles. The van der Waals surface area contributed by atoms with Gasteiger partial charge in [-0.1, -0.05) is 6.92 Å². The first-order valence-corrected chi connectivity index (χ1v) is 6.37. The second-order valence-electron chi connectivity index (χ2n) is 4.61. The maximum Gasteiger partial charge on any atom is 0.161 e. The zero-order valence-corrected chi connectivity index (χ0v) is 11.1. The molecular formula is C14H21NO3. The van der Waals surface area contributed by atoms with Gasteiger partial charge in [0.2, 0.25) is 0 Å². The minimum atomic E-state index is 0.399. The molecule has 1 aliphatic heterocycles. The lowest BCUT2D eigenvalue weighted by molar-refractivity contribution is 0.166. The lowest BCUT2D eigenvalue weighted by atomic mass is 9.92. The van der Waals surface area contributed by atoms with Gasteiger partial charge in [-0.15, -0.1) is 0 Å². The number of fused-ring (bicyclic) bond motifs is 1. The molecule has 0 aromatic heterocycles. The van der Waals surface area contributed by atoms with Crippen LogP contribution in [0, 0.1) is 0 Å². The van der Waals surface area contributed by atoms with Gasteiger partial charge in [0, 0.05) is 7.11 Å². The Kier molecular flexibility index (Phi) is 4.44. The van der Waals surface area contributed by atoms with Crippen molar-refractivity contribution in [2.24, 2.45) is 5.73 Å². The largest absolute Gasteiger partial charge is 0.486 e. The summed E-state index contributed by atoms with van der Waals surface area (Å²) in [5.74, 6) is 2.05. The summed E-state index contributed by atoms with van der Waals surface area (Å²) in [6, 6.07) is 4.10. The van der Waals surface area contributed by atoms with Crippen LogP contribution in [0.3, 0.4) is 0 Å². The van der Waals surface area contributed by atoms with Gasteiger partial charge in [-0.25, -0.2) is 0 Å². The van der Waals surface area contributed by atoms with Crippen molar-refractivity contribution in [3.63, 3.8) is 0 Å². The molecular weight excluding hydrogens is 230 g/mol. The van der Waals surface area contributed by atoms with Gasteiger partial charge >= 0.3 is 0 Å². The van der Waals surface area contributed by atoms with E-state index in [1.165, 1.54) is 5.56 Å². The average molecular weight is 251 g/mol. The van der Waals surface area contributed by atoms with Gasteiger partial charge in [0.1, 0.15) is 13.2 Å². The van der Waals surface area contributed by atoms with Gasteiger partial charge in [-0.2, -0.15) is 0 Å². The third-order valence-corrected chi connectivity index (χ3v) is 3.23. The Bertz CT molecular complexity index is 406. The summed E-state index contributed by atoms with van der Waals surface area (Å²) in [5.41, 5.74) is 8.04. The summed E-state index contributed by atoms with van der Waals surface area (Å²) in [6.45, 7) is 4.67. The van der Waals surface area contributed by atoms with Crippen LogP contribution in [0.15, 0.2) is 12.1 Å². The number of benzene rings is 1. The summed E-state index contributed by atoms with van der Waals surface area (Å²) < 4.78 is 16.5. The van der Waals surface area contributed by atoms with Gasteiger partial charge in [0.15, 0.2) is 11.5 Å². The highest BCUT2D eigenvalue weighted by Gasteiger charge is 2.18. The fraction of sp³-hybridized carbons (Fsp3) is 0.571. The first-order valence-electron chi connectivity index (χ1n) is 6.37. The van der Waals surface area contributed by atoms with E-state index in [0.717, 1.165) is 23.5 Å². The summed E-state index contributed by atoms with van der Waals surface area (Å²) in [7, 11) is 1.70. The van der Waals surface area contributed by atoms with E-state index in [9.17, 15) is 0 Å². The number of methoxy groups -OCH3 is 1. The Morgan fingerprint density at radius 1 is 1.28 bits per heavy atom. The molecule has 100 valence electrons. The van der Waals surface area contributed by atoms with Crippen molar-refractivity contribution in [3.05, 3.63) is 23.3 Å². The summed E-state index contributed by atoms with van der Waals surface area (Å²) in [6.07, 6.45) is 0.955. The molecule has 0 fully saturated rings. The van der Waals surface area contributed by atoms with Crippen LogP contribution in [-0.2, 0) is 11.3 Å². The molecule has 0 aliphatic carbocycles. The van der Waals surface area contributed by atoms with Crippen LogP contribution in [-0.4, -0.2) is 26.9 Å². The fourth-order valence-electron chi connectivity index (χ4n) is 2.29. The van der Waals surface area contributed by atoms with Crippen LogP contribution < -0.4 is 15.2 Å². The molecule has 4 heteroatoms. The summed E-state index contributed by atoms with van der Waals surface area (Å²) >= 11 is 0. The third kappa shape index (κ3) is 2.76. The molecule has 1 aromatic carbocycles. The van der Waals surface area contributed by atoms with E-state index < -0.39 is 0 Å². The van der Waals surface area contributed by atoms with Gasteiger partial charge in [0.25, 0.3) is 0 Å². The number of ether oxygens (including phenoxy) is 3. The maximum atomic E-state index is 5.64. The number of nitrogens with two attached hydrogens (primary N) is 1. The van der Waals surface area contributed by atoms with E-state index >= 15 is 0 Å². The van der Waals surface area contributed by atoms with E-state index in [2.05, 4.69) is 13.0 Å². The smallest absolute Gasteiger partial charge is 0.161 e. The topological polar surface area (TPSA) is 53.7 Å². The molecule has 1 heterocycles. The van der Waals surface area contributed by atoms with Gasteiger partial charge in [-0.3, -0.25) is 0 Å². The zero-order valence-electron chi connectivity index (χ0n) is 11.1.